The molecule has 5 heteroatoms. The molecule has 0 spiro atoms. The summed E-state index contributed by atoms with van der Waals surface area (Å²) in [5, 5.41) is 8.71. The summed E-state index contributed by atoms with van der Waals surface area (Å²) >= 11 is 0. The van der Waals surface area contributed by atoms with Crippen molar-refractivity contribution in [1.82, 2.24) is 4.90 Å². The van der Waals surface area contributed by atoms with Crippen molar-refractivity contribution >= 4 is 12.0 Å². The standard InChI is InChI=1S/C13H12N2O3/c14-7-11-6-12(16)15(8-11)13(17)18-9-10-4-2-1-3-5-10/h1-5,11H,6,8-9H2. The number of benzene rings is 1. The predicted molar refractivity (Wildman–Crippen MR) is 62.1 cm³/mol. The van der Waals surface area contributed by atoms with Crippen LogP contribution in [0.3, 0.4) is 0 Å². The maximum absolute atomic E-state index is 11.7. The van der Waals surface area contributed by atoms with Crippen LogP contribution in [0, 0.1) is 17.2 Å². The van der Waals surface area contributed by atoms with E-state index in [1.807, 2.05) is 36.4 Å². The lowest BCUT2D eigenvalue weighted by atomic mass is 10.1. The number of carbonyl (C=O) groups is 2. The molecule has 1 aromatic rings. The van der Waals surface area contributed by atoms with E-state index in [0.717, 1.165) is 10.5 Å². The number of rotatable bonds is 2. The largest absolute Gasteiger partial charge is 0.444 e. The lowest BCUT2D eigenvalue weighted by Gasteiger charge is -2.13. The van der Waals surface area contributed by atoms with E-state index in [0.29, 0.717) is 0 Å². The van der Waals surface area contributed by atoms with Crippen LogP contribution in [0.4, 0.5) is 4.79 Å². The molecule has 92 valence electrons. The van der Waals surface area contributed by atoms with Crippen LogP contribution in [0.15, 0.2) is 30.3 Å². The number of nitrogens with zero attached hydrogens (tertiary/aromatic N) is 2. The molecule has 1 heterocycles. The van der Waals surface area contributed by atoms with E-state index in [1.54, 1.807) is 0 Å². The normalized spacial score (nSPS) is 18.5. The van der Waals surface area contributed by atoms with Crippen molar-refractivity contribution in [3.05, 3.63) is 35.9 Å². The summed E-state index contributed by atoms with van der Waals surface area (Å²) in [6.45, 7) is 0.254. The monoisotopic (exact) mass is 244 g/mol. The van der Waals surface area contributed by atoms with Crippen LogP contribution in [0.1, 0.15) is 12.0 Å². The second-order valence-electron chi connectivity index (χ2n) is 4.07. The van der Waals surface area contributed by atoms with Gasteiger partial charge >= 0.3 is 6.09 Å². The highest BCUT2D eigenvalue weighted by Crippen LogP contribution is 2.18. The SMILES string of the molecule is N#CC1CC(=O)N(C(=O)OCc2ccccc2)C1. The first-order valence-corrected chi connectivity index (χ1v) is 5.61. The minimum absolute atomic E-state index is 0.0942. The lowest BCUT2D eigenvalue weighted by Crippen LogP contribution is -2.32. The molecule has 0 aliphatic carbocycles. The van der Waals surface area contributed by atoms with Gasteiger partial charge in [-0.05, 0) is 5.56 Å². The summed E-state index contributed by atoms with van der Waals surface area (Å²) in [5.41, 5.74) is 0.856. The molecule has 1 atom stereocenters. The topological polar surface area (TPSA) is 70.4 Å². The average molecular weight is 244 g/mol. The average Bonchev–Trinajstić information content (AvgIpc) is 2.78. The molecule has 0 N–H and O–H groups in total. The molecule has 1 unspecified atom stereocenters. The molecule has 1 aromatic carbocycles. The van der Waals surface area contributed by atoms with Gasteiger partial charge in [0, 0.05) is 13.0 Å². The van der Waals surface area contributed by atoms with Crippen LogP contribution in [-0.4, -0.2) is 23.4 Å². The Morgan fingerprint density at radius 3 is 2.78 bits per heavy atom. The summed E-state index contributed by atoms with van der Waals surface area (Å²) in [4.78, 5) is 24.1. The van der Waals surface area contributed by atoms with Gasteiger partial charge in [-0.25, -0.2) is 9.69 Å². The smallest absolute Gasteiger partial charge is 0.416 e. The summed E-state index contributed by atoms with van der Waals surface area (Å²) in [5.74, 6) is -0.763. The van der Waals surface area contributed by atoms with Crippen molar-refractivity contribution in [2.45, 2.75) is 13.0 Å². The Labute approximate surface area is 105 Å². The highest BCUT2D eigenvalue weighted by Gasteiger charge is 2.34. The van der Waals surface area contributed by atoms with Gasteiger partial charge in [-0.3, -0.25) is 4.79 Å². The molecular weight excluding hydrogens is 232 g/mol. The van der Waals surface area contributed by atoms with Crippen molar-refractivity contribution in [3.8, 4) is 6.07 Å². The number of nitriles is 1. The van der Waals surface area contributed by atoms with E-state index in [1.165, 1.54) is 0 Å². The molecule has 5 nitrogen and oxygen atoms in total. The number of imide groups is 1. The maximum Gasteiger partial charge on any atom is 0.416 e. The minimum Gasteiger partial charge on any atom is -0.444 e. The zero-order valence-corrected chi connectivity index (χ0v) is 9.70. The Balaban J connectivity index is 1.90. The fourth-order valence-corrected chi connectivity index (χ4v) is 1.77. The van der Waals surface area contributed by atoms with Crippen LogP contribution in [-0.2, 0) is 16.1 Å². The number of amides is 2. The molecule has 0 radical (unpaired) electrons. The zero-order chi connectivity index (χ0) is 13.0. The van der Waals surface area contributed by atoms with Gasteiger partial charge in [0.25, 0.3) is 0 Å². The summed E-state index contributed by atoms with van der Waals surface area (Å²) in [7, 11) is 0. The van der Waals surface area contributed by atoms with E-state index in [2.05, 4.69) is 0 Å². The molecular formula is C13H12N2O3. The van der Waals surface area contributed by atoms with Crippen molar-refractivity contribution in [1.29, 1.82) is 5.26 Å². The molecule has 0 saturated carbocycles. The molecule has 1 saturated heterocycles. The number of carbonyl (C=O) groups excluding carboxylic acids is 2. The fraction of sp³-hybridized carbons (Fsp3) is 0.308. The molecule has 1 fully saturated rings. The highest BCUT2D eigenvalue weighted by atomic mass is 16.6. The Kier molecular flexibility index (Phi) is 3.58. The number of ether oxygens (including phenoxy) is 1. The van der Waals surface area contributed by atoms with Gasteiger partial charge in [-0.15, -0.1) is 0 Å². The van der Waals surface area contributed by atoms with E-state index >= 15 is 0 Å². The lowest BCUT2D eigenvalue weighted by molar-refractivity contribution is -0.126. The second-order valence-corrected chi connectivity index (χ2v) is 4.07. The van der Waals surface area contributed by atoms with Gasteiger partial charge in [0.2, 0.25) is 5.91 Å². The third-order valence-electron chi connectivity index (χ3n) is 2.73. The first kappa shape index (κ1) is 12.1. The molecule has 2 rings (SSSR count). The summed E-state index contributed by atoms with van der Waals surface area (Å²) in [6, 6.07) is 11.2. The summed E-state index contributed by atoms with van der Waals surface area (Å²) < 4.78 is 5.03. The Morgan fingerprint density at radius 2 is 2.17 bits per heavy atom. The van der Waals surface area contributed by atoms with Gasteiger partial charge in [0.05, 0.1) is 12.0 Å². The van der Waals surface area contributed by atoms with Crippen molar-refractivity contribution in [2.24, 2.45) is 5.92 Å². The van der Waals surface area contributed by atoms with E-state index in [9.17, 15) is 9.59 Å². The van der Waals surface area contributed by atoms with Crippen LogP contribution in [0.2, 0.25) is 0 Å². The van der Waals surface area contributed by atoms with Gasteiger partial charge in [-0.1, -0.05) is 30.3 Å². The first-order valence-electron chi connectivity index (χ1n) is 5.61. The van der Waals surface area contributed by atoms with Gasteiger partial charge < -0.3 is 4.74 Å². The highest BCUT2D eigenvalue weighted by molar-refractivity contribution is 5.94. The van der Waals surface area contributed by atoms with Crippen LogP contribution in [0.25, 0.3) is 0 Å². The Bertz CT molecular complexity index is 493. The molecule has 0 aromatic heterocycles. The van der Waals surface area contributed by atoms with Crippen LogP contribution < -0.4 is 0 Å². The van der Waals surface area contributed by atoms with Crippen molar-refractivity contribution in [2.75, 3.05) is 6.54 Å². The third kappa shape index (κ3) is 2.66. The number of hydrogen-bond donors (Lipinski definition) is 0. The van der Waals surface area contributed by atoms with Crippen molar-refractivity contribution in [3.63, 3.8) is 0 Å². The van der Waals surface area contributed by atoms with Crippen molar-refractivity contribution < 1.29 is 14.3 Å². The zero-order valence-electron chi connectivity index (χ0n) is 9.70. The predicted octanol–water partition coefficient (Wildman–Crippen LogP) is 1.70. The molecule has 18 heavy (non-hydrogen) atoms. The summed E-state index contributed by atoms with van der Waals surface area (Å²) in [6.07, 6.45) is -0.585. The van der Waals surface area contributed by atoms with E-state index in [-0.39, 0.29) is 25.5 Å². The Hall–Kier alpha value is -2.35. The van der Waals surface area contributed by atoms with E-state index in [4.69, 9.17) is 10.00 Å². The van der Waals surface area contributed by atoms with Gasteiger partial charge in [0.15, 0.2) is 0 Å². The number of hydrogen-bond acceptors (Lipinski definition) is 4. The first-order chi connectivity index (χ1) is 8.70. The quantitative estimate of drug-likeness (QED) is 0.793. The Morgan fingerprint density at radius 1 is 1.44 bits per heavy atom. The molecule has 1 aliphatic rings. The van der Waals surface area contributed by atoms with Gasteiger partial charge in [-0.2, -0.15) is 5.26 Å². The van der Waals surface area contributed by atoms with Crippen LogP contribution >= 0.6 is 0 Å². The maximum atomic E-state index is 11.7. The molecule has 0 bridgehead atoms. The van der Waals surface area contributed by atoms with Crippen LogP contribution in [0.5, 0.6) is 0 Å². The number of likely N-dealkylation sites (tertiary alicyclic amines) is 1. The second kappa shape index (κ2) is 5.32. The minimum atomic E-state index is -0.679. The van der Waals surface area contributed by atoms with Gasteiger partial charge in [0.1, 0.15) is 6.61 Å². The molecule has 1 aliphatic heterocycles. The fourth-order valence-electron chi connectivity index (χ4n) is 1.77. The van der Waals surface area contributed by atoms with E-state index < -0.39 is 12.0 Å². The third-order valence-corrected chi connectivity index (χ3v) is 2.73. The molecule has 2 amide bonds.